The molecule has 2 aromatic rings. The van der Waals surface area contributed by atoms with Crippen LogP contribution in [-0.4, -0.2) is 4.98 Å². The van der Waals surface area contributed by atoms with Crippen molar-refractivity contribution in [1.82, 2.24) is 4.98 Å². The number of pyridine rings is 1. The van der Waals surface area contributed by atoms with Crippen molar-refractivity contribution in [2.75, 3.05) is 5.32 Å². The molecule has 0 aliphatic carbocycles. The van der Waals surface area contributed by atoms with Crippen molar-refractivity contribution in [2.45, 2.75) is 13.0 Å². The quantitative estimate of drug-likeness (QED) is 0.813. The van der Waals surface area contributed by atoms with E-state index in [0.717, 1.165) is 20.9 Å². The molecule has 1 aromatic heterocycles. The maximum absolute atomic E-state index is 5.86. The van der Waals surface area contributed by atoms with Gasteiger partial charge in [0.2, 0.25) is 0 Å². The van der Waals surface area contributed by atoms with Crippen LogP contribution >= 0.6 is 39.1 Å². The van der Waals surface area contributed by atoms with Crippen molar-refractivity contribution >= 4 is 44.9 Å². The summed E-state index contributed by atoms with van der Waals surface area (Å²) < 4.78 is 0.843. The van der Waals surface area contributed by atoms with Crippen LogP contribution < -0.4 is 5.32 Å². The second-order valence-electron chi connectivity index (χ2n) is 3.90. The molecular formula is C13H11BrCl2N2. The summed E-state index contributed by atoms with van der Waals surface area (Å²) in [5.74, 6) is 0.766. The average Bonchev–Trinajstić information content (AvgIpc) is 2.33. The van der Waals surface area contributed by atoms with Crippen LogP contribution in [0.25, 0.3) is 0 Å². The standard InChI is InChI=1S/C13H11BrCl2N2/c1-8(9-2-4-10(15)5-3-9)18-13-12(14)6-11(16)7-17-13/h2-8H,1H3,(H,17,18). The zero-order valence-corrected chi connectivity index (χ0v) is 12.7. The van der Waals surface area contributed by atoms with E-state index in [-0.39, 0.29) is 6.04 Å². The zero-order chi connectivity index (χ0) is 13.1. The smallest absolute Gasteiger partial charge is 0.140 e. The van der Waals surface area contributed by atoms with Crippen LogP contribution in [0.4, 0.5) is 5.82 Å². The number of nitrogens with zero attached hydrogens (tertiary/aromatic N) is 1. The number of rotatable bonds is 3. The number of nitrogens with one attached hydrogen (secondary N) is 1. The van der Waals surface area contributed by atoms with Gasteiger partial charge < -0.3 is 5.32 Å². The third-order valence-corrected chi connectivity index (χ3v) is 3.59. The van der Waals surface area contributed by atoms with Gasteiger partial charge in [-0.05, 0) is 46.6 Å². The summed E-state index contributed by atoms with van der Waals surface area (Å²) in [6, 6.07) is 9.67. The lowest BCUT2D eigenvalue weighted by Gasteiger charge is -2.16. The van der Waals surface area contributed by atoms with Gasteiger partial charge in [0.1, 0.15) is 5.82 Å². The molecule has 1 N–H and O–H groups in total. The Morgan fingerprint density at radius 2 is 1.83 bits per heavy atom. The van der Waals surface area contributed by atoms with Gasteiger partial charge in [-0.15, -0.1) is 0 Å². The molecule has 0 fully saturated rings. The monoisotopic (exact) mass is 344 g/mol. The summed E-state index contributed by atoms with van der Waals surface area (Å²) >= 11 is 15.1. The van der Waals surface area contributed by atoms with Gasteiger partial charge in [-0.3, -0.25) is 0 Å². The second kappa shape index (κ2) is 5.91. The lowest BCUT2D eigenvalue weighted by atomic mass is 10.1. The normalized spacial score (nSPS) is 12.2. The first-order valence-electron chi connectivity index (χ1n) is 5.39. The Bertz CT molecular complexity index is 543. The molecule has 2 nitrogen and oxygen atoms in total. The predicted molar refractivity (Wildman–Crippen MR) is 80.4 cm³/mol. The van der Waals surface area contributed by atoms with E-state index in [9.17, 15) is 0 Å². The lowest BCUT2D eigenvalue weighted by Crippen LogP contribution is -2.08. The van der Waals surface area contributed by atoms with Gasteiger partial charge in [-0.2, -0.15) is 0 Å². The fourth-order valence-electron chi connectivity index (χ4n) is 1.56. The molecule has 94 valence electrons. The largest absolute Gasteiger partial charge is 0.363 e. The first-order valence-corrected chi connectivity index (χ1v) is 6.94. The highest BCUT2D eigenvalue weighted by Crippen LogP contribution is 2.27. The molecule has 1 atom stereocenters. The maximum Gasteiger partial charge on any atom is 0.140 e. The van der Waals surface area contributed by atoms with E-state index in [2.05, 4.69) is 33.2 Å². The van der Waals surface area contributed by atoms with Crippen LogP contribution in [0.5, 0.6) is 0 Å². The molecule has 18 heavy (non-hydrogen) atoms. The third kappa shape index (κ3) is 3.37. The van der Waals surface area contributed by atoms with E-state index >= 15 is 0 Å². The van der Waals surface area contributed by atoms with Gasteiger partial charge >= 0.3 is 0 Å². The molecule has 5 heteroatoms. The topological polar surface area (TPSA) is 24.9 Å². The van der Waals surface area contributed by atoms with Crippen molar-refractivity contribution in [3.8, 4) is 0 Å². The molecule has 0 saturated carbocycles. The predicted octanol–water partition coefficient (Wildman–Crippen LogP) is 5.32. The van der Waals surface area contributed by atoms with Crippen LogP contribution in [0.3, 0.4) is 0 Å². The minimum Gasteiger partial charge on any atom is -0.363 e. The van der Waals surface area contributed by atoms with E-state index in [1.165, 1.54) is 0 Å². The molecule has 0 radical (unpaired) electrons. The number of halogens is 3. The summed E-state index contributed by atoms with van der Waals surface area (Å²) in [7, 11) is 0. The minimum atomic E-state index is 0.132. The summed E-state index contributed by atoms with van der Waals surface area (Å²) in [5.41, 5.74) is 1.14. The molecule has 0 saturated heterocycles. The van der Waals surface area contributed by atoms with Gasteiger partial charge in [0.25, 0.3) is 0 Å². The number of anilines is 1. The van der Waals surface area contributed by atoms with Gasteiger partial charge in [0, 0.05) is 17.3 Å². The van der Waals surface area contributed by atoms with Crippen LogP contribution in [0.2, 0.25) is 10.0 Å². The summed E-state index contributed by atoms with van der Waals surface area (Å²) in [6.07, 6.45) is 1.61. The molecule has 1 aromatic carbocycles. The van der Waals surface area contributed by atoms with E-state index < -0.39 is 0 Å². The van der Waals surface area contributed by atoms with Crippen molar-refractivity contribution < 1.29 is 0 Å². The van der Waals surface area contributed by atoms with Gasteiger partial charge in [0.05, 0.1) is 9.50 Å². The first kappa shape index (κ1) is 13.7. The molecule has 1 heterocycles. The first-order chi connectivity index (χ1) is 8.56. The number of benzene rings is 1. The van der Waals surface area contributed by atoms with Crippen LogP contribution in [0.15, 0.2) is 41.0 Å². The van der Waals surface area contributed by atoms with Crippen molar-refractivity contribution in [1.29, 1.82) is 0 Å². The fraction of sp³-hybridized carbons (Fsp3) is 0.154. The average molecular weight is 346 g/mol. The highest BCUT2D eigenvalue weighted by molar-refractivity contribution is 9.10. The Morgan fingerprint density at radius 1 is 1.17 bits per heavy atom. The summed E-state index contributed by atoms with van der Waals surface area (Å²) in [4.78, 5) is 4.24. The van der Waals surface area contributed by atoms with Crippen LogP contribution in [0, 0.1) is 0 Å². The lowest BCUT2D eigenvalue weighted by molar-refractivity contribution is 0.873. The molecule has 0 bridgehead atoms. The molecule has 2 rings (SSSR count). The Balaban J connectivity index is 2.15. The number of hydrogen-bond donors (Lipinski definition) is 1. The van der Waals surface area contributed by atoms with E-state index in [0.29, 0.717) is 5.02 Å². The Hall–Kier alpha value is -0.770. The highest BCUT2D eigenvalue weighted by atomic mass is 79.9. The van der Waals surface area contributed by atoms with Gasteiger partial charge in [-0.1, -0.05) is 35.3 Å². The fourth-order valence-corrected chi connectivity index (χ4v) is 2.44. The highest BCUT2D eigenvalue weighted by Gasteiger charge is 2.08. The van der Waals surface area contributed by atoms with Gasteiger partial charge in [0.15, 0.2) is 0 Å². The zero-order valence-electron chi connectivity index (χ0n) is 9.62. The SMILES string of the molecule is CC(Nc1ncc(Cl)cc1Br)c1ccc(Cl)cc1. The van der Waals surface area contributed by atoms with Gasteiger partial charge in [-0.25, -0.2) is 4.98 Å². The molecule has 0 spiro atoms. The summed E-state index contributed by atoms with van der Waals surface area (Å²) in [5, 5.41) is 4.65. The molecule has 0 aliphatic heterocycles. The van der Waals surface area contributed by atoms with E-state index in [4.69, 9.17) is 23.2 Å². The van der Waals surface area contributed by atoms with E-state index in [1.54, 1.807) is 6.20 Å². The Morgan fingerprint density at radius 3 is 2.44 bits per heavy atom. The Kier molecular flexibility index (Phi) is 4.49. The van der Waals surface area contributed by atoms with Crippen molar-refractivity contribution in [3.05, 3.63) is 56.6 Å². The molecular weight excluding hydrogens is 335 g/mol. The van der Waals surface area contributed by atoms with Crippen LogP contribution in [0.1, 0.15) is 18.5 Å². The molecule has 0 aliphatic rings. The van der Waals surface area contributed by atoms with E-state index in [1.807, 2.05) is 30.3 Å². The molecule has 0 amide bonds. The molecule has 1 unspecified atom stereocenters. The third-order valence-electron chi connectivity index (χ3n) is 2.53. The van der Waals surface area contributed by atoms with Crippen LogP contribution in [-0.2, 0) is 0 Å². The minimum absolute atomic E-state index is 0.132. The van der Waals surface area contributed by atoms with Crippen molar-refractivity contribution in [3.63, 3.8) is 0 Å². The van der Waals surface area contributed by atoms with Crippen molar-refractivity contribution in [2.24, 2.45) is 0 Å². The maximum atomic E-state index is 5.86. The Labute approximate surface area is 124 Å². The number of hydrogen-bond acceptors (Lipinski definition) is 2. The summed E-state index contributed by atoms with van der Waals surface area (Å²) in [6.45, 7) is 2.06. The second-order valence-corrected chi connectivity index (χ2v) is 5.63. The number of aromatic nitrogens is 1.